The number of carbonyl (C=O) groups excluding carboxylic acids is 1. The van der Waals surface area contributed by atoms with E-state index in [9.17, 15) is 9.59 Å². The Kier molecular flexibility index (Phi) is 3.49. The average molecular weight is 276 g/mol. The summed E-state index contributed by atoms with van der Waals surface area (Å²) in [6, 6.07) is 0. The topological polar surface area (TPSA) is 82.5 Å². The highest BCUT2D eigenvalue weighted by atomic mass is 35.5. The van der Waals surface area contributed by atoms with Crippen molar-refractivity contribution in [3.05, 3.63) is 10.0 Å². The summed E-state index contributed by atoms with van der Waals surface area (Å²) < 4.78 is 0. The Morgan fingerprint density at radius 3 is 2.94 bits per heavy atom. The third-order valence-corrected chi connectivity index (χ3v) is 3.84. The molecule has 92 valence electrons. The van der Waals surface area contributed by atoms with Gasteiger partial charge in [0.05, 0.1) is 0 Å². The Labute approximate surface area is 106 Å². The molecule has 0 atom stereocenters. The van der Waals surface area contributed by atoms with Crippen molar-refractivity contribution in [3.63, 3.8) is 0 Å². The number of amides is 1. The maximum Gasteiger partial charge on any atom is 0.349 e. The minimum absolute atomic E-state index is 0.000956. The third-order valence-electron chi connectivity index (χ3n) is 2.35. The Bertz CT molecular complexity index is 462. The number of nitrogens with zero attached hydrogens (tertiary/aromatic N) is 2. The van der Waals surface area contributed by atoms with Gasteiger partial charge in [0.1, 0.15) is 0 Å². The molecule has 2 N–H and O–H groups in total. The van der Waals surface area contributed by atoms with Gasteiger partial charge in [-0.05, 0) is 0 Å². The first-order valence-corrected chi connectivity index (χ1v) is 6.18. The number of carboxylic acids is 1. The molecular weight excluding hydrogens is 266 g/mol. The molecule has 0 saturated carbocycles. The van der Waals surface area contributed by atoms with Gasteiger partial charge in [-0.25, -0.2) is 9.78 Å². The van der Waals surface area contributed by atoms with E-state index in [2.05, 4.69) is 10.3 Å². The summed E-state index contributed by atoms with van der Waals surface area (Å²) >= 11 is 6.77. The highest BCUT2D eigenvalue weighted by Gasteiger charge is 2.21. The average Bonchev–Trinajstić information content (AvgIpc) is 2.52. The van der Waals surface area contributed by atoms with E-state index in [4.69, 9.17) is 16.7 Å². The molecular formula is C9H10ClN3O3S. The molecule has 0 aliphatic carbocycles. The van der Waals surface area contributed by atoms with Crippen molar-refractivity contribution in [2.24, 2.45) is 0 Å². The minimum atomic E-state index is -1.08. The van der Waals surface area contributed by atoms with Crippen LogP contribution in [0.1, 0.15) is 16.1 Å². The Morgan fingerprint density at radius 1 is 1.53 bits per heavy atom. The highest BCUT2D eigenvalue weighted by Crippen LogP contribution is 2.29. The van der Waals surface area contributed by atoms with Crippen molar-refractivity contribution in [2.75, 3.05) is 24.5 Å². The standard InChI is InChI=1S/C9H10ClN3O3S/c10-7-6(8(15)16)17-9(12-7)13-3-1-5(14)11-2-4-13/h1-4H2,(H,11,14)(H,15,16). The second-order valence-corrected chi connectivity index (χ2v) is 4.84. The molecule has 17 heavy (non-hydrogen) atoms. The molecule has 2 rings (SSSR count). The van der Waals surface area contributed by atoms with Crippen molar-refractivity contribution in [1.29, 1.82) is 0 Å². The van der Waals surface area contributed by atoms with Gasteiger partial charge in [0.2, 0.25) is 5.91 Å². The second kappa shape index (κ2) is 4.89. The Morgan fingerprint density at radius 2 is 2.29 bits per heavy atom. The maximum atomic E-state index is 11.2. The van der Waals surface area contributed by atoms with Crippen molar-refractivity contribution >= 4 is 39.9 Å². The summed E-state index contributed by atoms with van der Waals surface area (Å²) in [6.07, 6.45) is 0.375. The zero-order valence-corrected chi connectivity index (χ0v) is 10.3. The number of carboxylic acid groups (broad SMARTS) is 1. The number of hydrogen-bond acceptors (Lipinski definition) is 5. The molecule has 0 bridgehead atoms. The molecule has 0 spiro atoms. The van der Waals surface area contributed by atoms with E-state index in [0.29, 0.717) is 31.2 Å². The first-order chi connectivity index (χ1) is 8.08. The lowest BCUT2D eigenvalue weighted by Gasteiger charge is -2.17. The first kappa shape index (κ1) is 12.1. The van der Waals surface area contributed by atoms with Crippen molar-refractivity contribution in [3.8, 4) is 0 Å². The van der Waals surface area contributed by atoms with Gasteiger partial charge in [0.15, 0.2) is 15.2 Å². The van der Waals surface area contributed by atoms with Gasteiger partial charge in [-0.15, -0.1) is 0 Å². The monoisotopic (exact) mass is 275 g/mol. The van der Waals surface area contributed by atoms with Crippen LogP contribution < -0.4 is 10.2 Å². The predicted molar refractivity (Wildman–Crippen MR) is 63.9 cm³/mol. The van der Waals surface area contributed by atoms with Gasteiger partial charge < -0.3 is 15.3 Å². The molecule has 0 radical (unpaired) electrons. The van der Waals surface area contributed by atoms with E-state index in [1.54, 1.807) is 0 Å². The lowest BCUT2D eigenvalue weighted by atomic mass is 10.4. The largest absolute Gasteiger partial charge is 0.477 e. The number of aromatic nitrogens is 1. The number of nitrogens with one attached hydrogen (secondary N) is 1. The summed E-state index contributed by atoms with van der Waals surface area (Å²) in [7, 11) is 0. The molecule has 6 nitrogen and oxygen atoms in total. The summed E-state index contributed by atoms with van der Waals surface area (Å²) in [5, 5.41) is 12.2. The maximum absolute atomic E-state index is 11.2. The van der Waals surface area contributed by atoms with Crippen LogP contribution in [-0.4, -0.2) is 41.6 Å². The quantitative estimate of drug-likeness (QED) is 0.835. The molecule has 1 aliphatic heterocycles. The molecule has 0 aromatic carbocycles. The Balaban J connectivity index is 2.19. The number of anilines is 1. The normalized spacial score (nSPS) is 16.5. The number of halogens is 1. The first-order valence-electron chi connectivity index (χ1n) is 4.99. The SMILES string of the molecule is O=C1CCN(c2nc(Cl)c(C(=O)O)s2)CCN1. The lowest BCUT2D eigenvalue weighted by Crippen LogP contribution is -2.28. The van der Waals surface area contributed by atoms with Gasteiger partial charge >= 0.3 is 5.97 Å². The number of aromatic carboxylic acids is 1. The van der Waals surface area contributed by atoms with E-state index in [0.717, 1.165) is 11.3 Å². The molecule has 8 heteroatoms. The number of carbonyl (C=O) groups is 2. The minimum Gasteiger partial charge on any atom is -0.477 e. The summed E-state index contributed by atoms with van der Waals surface area (Å²) in [5.74, 6) is -1.09. The van der Waals surface area contributed by atoms with Crippen LogP contribution in [-0.2, 0) is 4.79 Å². The van der Waals surface area contributed by atoms with Gasteiger partial charge in [-0.2, -0.15) is 0 Å². The van der Waals surface area contributed by atoms with E-state index in [1.165, 1.54) is 0 Å². The second-order valence-electron chi connectivity index (χ2n) is 3.51. The molecule has 1 aromatic heterocycles. The fourth-order valence-corrected chi connectivity index (χ4v) is 2.69. The predicted octanol–water partition coefficient (Wildman–Crippen LogP) is 0.821. The number of hydrogen-bond donors (Lipinski definition) is 2. The third kappa shape index (κ3) is 2.67. The fourth-order valence-electron chi connectivity index (χ4n) is 1.52. The van der Waals surface area contributed by atoms with Crippen LogP contribution in [0.2, 0.25) is 5.15 Å². The van der Waals surface area contributed by atoms with Crippen molar-refractivity contribution in [2.45, 2.75) is 6.42 Å². The molecule has 1 fully saturated rings. The van der Waals surface area contributed by atoms with Crippen LogP contribution in [0.3, 0.4) is 0 Å². The van der Waals surface area contributed by atoms with Gasteiger partial charge in [-0.3, -0.25) is 4.79 Å². The summed E-state index contributed by atoms with van der Waals surface area (Å²) in [5.41, 5.74) is 0. The van der Waals surface area contributed by atoms with E-state index in [1.807, 2.05) is 4.90 Å². The molecule has 1 amide bonds. The van der Waals surface area contributed by atoms with Crippen LogP contribution in [0.15, 0.2) is 0 Å². The molecule has 2 heterocycles. The van der Waals surface area contributed by atoms with Crippen molar-refractivity contribution in [1.82, 2.24) is 10.3 Å². The number of rotatable bonds is 2. The Hall–Kier alpha value is -1.34. The molecule has 1 saturated heterocycles. The summed E-state index contributed by atoms with van der Waals surface area (Å²) in [6.45, 7) is 1.65. The lowest BCUT2D eigenvalue weighted by molar-refractivity contribution is -0.120. The summed E-state index contributed by atoms with van der Waals surface area (Å²) in [4.78, 5) is 27.9. The molecule has 0 unspecified atom stereocenters. The molecule has 1 aromatic rings. The zero-order chi connectivity index (χ0) is 12.4. The number of thiazole rings is 1. The highest BCUT2D eigenvalue weighted by molar-refractivity contribution is 7.18. The zero-order valence-electron chi connectivity index (χ0n) is 8.77. The van der Waals surface area contributed by atoms with Gasteiger partial charge in [-0.1, -0.05) is 22.9 Å². The fraction of sp³-hybridized carbons (Fsp3) is 0.444. The van der Waals surface area contributed by atoms with Gasteiger partial charge in [0.25, 0.3) is 0 Å². The van der Waals surface area contributed by atoms with E-state index < -0.39 is 5.97 Å². The van der Waals surface area contributed by atoms with Crippen LogP contribution in [0.5, 0.6) is 0 Å². The van der Waals surface area contributed by atoms with E-state index >= 15 is 0 Å². The smallest absolute Gasteiger partial charge is 0.349 e. The van der Waals surface area contributed by atoms with Crippen molar-refractivity contribution < 1.29 is 14.7 Å². The van der Waals surface area contributed by atoms with Crippen LogP contribution in [0, 0.1) is 0 Å². The van der Waals surface area contributed by atoms with Crippen LogP contribution in [0.25, 0.3) is 0 Å². The van der Waals surface area contributed by atoms with E-state index in [-0.39, 0.29) is 15.9 Å². The van der Waals surface area contributed by atoms with Gasteiger partial charge in [0, 0.05) is 26.1 Å². The van der Waals surface area contributed by atoms with Crippen LogP contribution >= 0.6 is 22.9 Å². The van der Waals surface area contributed by atoms with Crippen LogP contribution in [0.4, 0.5) is 5.13 Å². The molecule has 1 aliphatic rings.